The summed E-state index contributed by atoms with van der Waals surface area (Å²) in [7, 11) is 0. The summed E-state index contributed by atoms with van der Waals surface area (Å²) < 4.78 is 6.83. The van der Waals surface area contributed by atoms with Gasteiger partial charge in [0.25, 0.3) is 0 Å². The van der Waals surface area contributed by atoms with Crippen molar-refractivity contribution in [3.63, 3.8) is 0 Å². The van der Waals surface area contributed by atoms with Crippen molar-refractivity contribution in [2.24, 2.45) is 0 Å². The van der Waals surface area contributed by atoms with Crippen LogP contribution in [-0.4, -0.2) is 6.61 Å². The highest BCUT2D eigenvalue weighted by atomic mass is 79.9. The summed E-state index contributed by atoms with van der Waals surface area (Å²) in [6.45, 7) is 6.92. The zero-order chi connectivity index (χ0) is 13.8. The van der Waals surface area contributed by atoms with E-state index in [1.54, 1.807) is 11.3 Å². The Labute approximate surface area is 126 Å². The molecule has 1 unspecified atom stereocenters. The molecule has 0 saturated carbocycles. The third-order valence-electron chi connectivity index (χ3n) is 2.82. The Kier molecular flexibility index (Phi) is 4.88. The second-order valence-electron chi connectivity index (χ2n) is 4.47. The molecule has 2 rings (SSSR count). The van der Waals surface area contributed by atoms with Crippen molar-refractivity contribution >= 4 is 33.0 Å². The number of rotatable bonds is 5. The largest absolute Gasteiger partial charge is 0.492 e. The summed E-state index contributed by atoms with van der Waals surface area (Å²) in [5.74, 6) is 0.921. The Morgan fingerprint density at radius 2 is 2.16 bits per heavy atom. The highest BCUT2D eigenvalue weighted by Crippen LogP contribution is 2.32. The lowest BCUT2D eigenvalue weighted by atomic mass is 10.2. The zero-order valence-corrected chi connectivity index (χ0v) is 13.8. The Hall–Kier alpha value is -1.000. The fraction of sp³-hybridized carbons (Fsp3) is 0.333. The fourth-order valence-electron chi connectivity index (χ4n) is 1.88. The maximum Gasteiger partial charge on any atom is 0.142 e. The van der Waals surface area contributed by atoms with Gasteiger partial charge in [0.1, 0.15) is 5.75 Å². The van der Waals surface area contributed by atoms with Crippen LogP contribution in [0.3, 0.4) is 0 Å². The van der Waals surface area contributed by atoms with Gasteiger partial charge in [0, 0.05) is 14.7 Å². The van der Waals surface area contributed by atoms with E-state index in [9.17, 15) is 0 Å². The molecule has 102 valence electrons. The lowest BCUT2D eigenvalue weighted by Gasteiger charge is -2.17. The number of thiophene rings is 1. The van der Waals surface area contributed by atoms with Crippen LogP contribution in [0.25, 0.3) is 0 Å². The van der Waals surface area contributed by atoms with Gasteiger partial charge in [-0.3, -0.25) is 0 Å². The summed E-state index contributed by atoms with van der Waals surface area (Å²) in [5, 5.41) is 5.62. The van der Waals surface area contributed by atoms with E-state index in [1.807, 2.05) is 6.92 Å². The van der Waals surface area contributed by atoms with Gasteiger partial charge in [0.05, 0.1) is 18.3 Å². The van der Waals surface area contributed by atoms with E-state index in [0.717, 1.165) is 15.9 Å². The average Bonchev–Trinajstić information content (AvgIpc) is 2.80. The number of benzene rings is 1. The molecule has 2 nitrogen and oxygen atoms in total. The van der Waals surface area contributed by atoms with Crippen LogP contribution in [0.5, 0.6) is 5.75 Å². The molecule has 1 heterocycles. The van der Waals surface area contributed by atoms with Crippen molar-refractivity contribution < 1.29 is 4.74 Å². The molecule has 4 heteroatoms. The Morgan fingerprint density at radius 3 is 2.79 bits per heavy atom. The first-order valence-corrected chi connectivity index (χ1v) is 8.01. The van der Waals surface area contributed by atoms with Gasteiger partial charge in [-0.1, -0.05) is 6.07 Å². The van der Waals surface area contributed by atoms with E-state index in [4.69, 9.17) is 4.74 Å². The Bertz CT molecular complexity index is 553. The van der Waals surface area contributed by atoms with Crippen molar-refractivity contribution in [1.29, 1.82) is 0 Å². The van der Waals surface area contributed by atoms with Gasteiger partial charge in [0.2, 0.25) is 0 Å². The maximum atomic E-state index is 5.69. The van der Waals surface area contributed by atoms with Crippen molar-refractivity contribution in [2.45, 2.75) is 26.8 Å². The molecule has 19 heavy (non-hydrogen) atoms. The predicted octanol–water partition coefficient (Wildman–Crippen LogP) is 5.39. The quantitative estimate of drug-likeness (QED) is 0.788. The molecule has 0 spiro atoms. The number of hydrogen-bond acceptors (Lipinski definition) is 3. The highest BCUT2D eigenvalue weighted by Gasteiger charge is 2.11. The topological polar surface area (TPSA) is 21.3 Å². The molecule has 0 aliphatic carbocycles. The standard InChI is InChI=1S/C15H18BrNOS/c1-4-18-14-7-10(2)5-6-13(14)17-11(3)15-8-12(16)9-19-15/h5-9,11,17H,4H2,1-3H3. The van der Waals surface area contributed by atoms with Crippen LogP contribution in [0, 0.1) is 6.92 Å². The highest BCUT2D eigenvalue weighted by molar-refractivity contribution is 9.10. The second-order valence-corrected chi connectivity index (χ2v) is 6.32. The number of ether oxygens (including phenoxy) is 1. The molecular formula is C15H18BrNOS. The SMILES string of the molecule is CCOc1cc(C)ccc1NC(C)c1cc(Br)cs1. The van der Waals surface area contributed by atoms with Gasteiger partial charge in [-0.25, -0.2) is 0 Å². The van der Waals surface area contributed by atoms with E-state index in [2.05, 4.69) is 64.7 Å². The molecule has 0 radical (unpaired) electrons. The minimum Gasteiger partial charge on any atom is -0.492 e. The lowest BCUT2D eigenvalue weighted by Crippen LogP contribution is -2.07. The number of hydrogen-bond donors (Lipinski definition) is 1. The zero-order valence-electron chi connectivity index (χ0n) is 11.4. The monoisotopic (exact) mass is 339 g/mol. The Balaban J connectivity index is 2.18. The fourth-order valence-corrected chi connectivity index (χ4v) is 3.34. The van der Waals surface area contributed by atoms with E-state index < -0.39 is 0 Å². The molecule has 1 N–H and O–H groups in total. The summed E-state index contributed by atoms with van der Waals surface area (Å²) in [6, 6.07) is 8.67. The number of anilines is 1. The van der Waals surface area contributed by atoms with Crippen LogP contribution in [0.15, 0.2) is 34.1 Å². The maximum absolute atomic E-state index is 5.69. The van der Waals surface area contributed by atoms with E-state index in [1.165, 1.54) is 10.4 Å². The van der Waals surface area contributed by atoms with Crippen LogP contribution in [0.1, 0.15) is 30.3 Å². The molecule has 1 aromatic heterocycles. The van der Waals surface area contributed by atoms with E-state index in [-0.39, 0.29) is 6.04 Å². The third-order valence-corrected chi connectivity index (χ3v) is 4.70. The van der Waals surface area contributed by atoms with Gasteiger partial charge in [-0.15, -0.1) is 11.3 Å². The van der Waals surface area contributed by atoms with Crippen molar-refractivity contribution in [3.8, 4) is 5.75 Å². The van der Waals surface area contributed by atoms with E-state index in [0.29, 0.717) is 6.61 Å². The first-order chi connectivity index (χ1) is 9.10. The summed E-state index contributed by atoms with van der Waals surface area (Å²) in [5.41, 5.74) is 2.25. The smallest absolute Gasteiger partial charge is 0.142 e. The van der Waals surface area contributed by atoms with Crippen LogP contribution < -0.4 is 10.1 Å². The van der Waals surface area contributed by atoms with Gasteiger partial charge in [-0.05, 0) is 60.5 Å². The van der Waals surface area contributed by atoms with Gasteiger partial charge in [-0.2, -0.15) is 0 Å². The first kappa shape index (κ1) is 14.4. The van der Waals surface area contributed by atoms with Crippen LogP contribution in [0.2, 0.25) is 0 Å². The van der Waals surface area contributed by atoms with Gasteiger partial charge >= 0.3 is 0 Å². The molecule has 0 amide bonds. The van der Waals surface area contributed by atoms with Crippen molar-refractivity contribution in [1.82, 2.24) is 0 Å². The molecule has 1 atom stereocenters. The van der Waals surface area contributed by atoms with Crippen molar-refractivity contribution in [2.75, 3.05) is 11.9 Å². The summed E-state index contributed by atoms with van der Waals surface area (Å²) in [6.07, 6.45) is 0. The first-order valence-electron chi connectivity index (χ1n) is 6.34. The molecule has 2 aromatic rings. The van der Waals surface area contributed by atoms with Crippen LogP contribution in [-0.2, 0) is 0 Å². The molecule has 1 aromatic carbocycles. The summed E-state index contributed by atoms with van der Waals surface area (Å²) in [4.78, 5) is 1.30. The minimum absolute atomic E-state index is 0.262. The minimum atomic E-state index is 0.262. The Morgan fingerprint density at radius 1 is 1.37 bits per heavy atom. The normalized spacial score (nSPS) is 12.2. The molecule has 0 fully saturated rings. The van der Waals surface area contributed by atoms with Crippen molar-refractivity contribution in [3.05, 3.63) is 44.6 Å². The lowest BCUT2D eigenvalue weighted by molar-refractivity contribution is 0.341. The van der Waals surface area contributed by atoms with E-state index >= 15 is 0 Å². The third kappa shape index (κ3) is 3.74. The molecule has 0 saturated heterocycles. The van der Waals surface area contributed by atoms with Gasteiger partial charge < -0.3 is 10.1 Å². The van der Waals surface area contributed by atoms with Crippen LogP contribution in [0.4, 0.5) is 5.69 Å². The van der Waals surface area contributed by atoms with Crippen LogP contribution >= 0.6 is 27.3 Å². The molecule has 0 aliphatic heterocycles. The second kappa shape index (κ2) is 6.44. The number of halogens is 1. The predicted molar refractivity (Wildman–Crippen MR) is 86.4 cm³/mol. The average molecular weight is 340 g/mol. The number of aryl methyl sites for hydroxylation is 1. The summed E-state index contributed by atoms with van der Waals surface area (Å²) >= 11 is 5.24. The molecular weight excluding hydrogens is 322 g/mol. The van der Waals surface area contributed by atoms with Gasteiger partial charge in [0.15, 0.2) is 0 Å². The molecule has 0 bridgehead atoms. The molecule has 0 aliphatic rings. The number of nitrogens with one attached hydrogen (secondary N) is 1.